The van der Waals surface area contributed by atoms with Gasteiger partial charge in [-0.25, -0.2) is 4.98 Å². The van der Waals surface area contributed by atoms with Gasteiger partial charge in [-0.2, -0.15) is 5.26 Å². The van der Waals surface area contributed by atoms with E-state index in [0.29, 0.717) is 17.2 Å². The Bertz CT molecular complexity index is 911. The first-order valence-corrected chi connectivity index (χ1v) is 8.27. The smallest absolute Gasteiger partial charge is 0.219 e. The third kappa shape index (κ3) is 3.31. The SMILES string of the molecule is N#Cc1ccc(Oc2ccc(CN3CCc4ccccc43)cn2)cc1. The standard InChI is InChI=1S/C21H17N3O/c22-13-16-5-8-19(9-6-16)25-21-10-7-17(14-23-21)15-24-12-11-18-3-1-2-4-20(18)24/h1-10,14H,11-12,15H2. The van der Waals surface area contributed by atoms with Crippen LogP contribution in [0.25, 0.3) is 0 Å². The average Bonchev–Trinajstić information content (AvgIpc) is 3.07. The van der Waals surface area contributed by atoms with E-state index in [1.165, 1.54) is 11.3 Å². The van der Waals surface area contributed by atoms with Crippen molar-refractivity contribution in [2.75, 3.05) is 11.4 Å². The number of pyridine rings is 1. The molecule has 0 spiro atoms. The number of benzene rings is 2. The van der Waals surface area contributed by atoms with Crippen LogP contribution < -0.4 is 9.64 Å². The number of ether oxygens (including phenoxy) is 1. The number of aromatic nitrogens is 1. The lowest BCUT2D eigenvalue weighted by molar-refractivity contribution is 0.462. The van der Waals surface area contributed by atoms with Crippen LogP contribution in [0.4, 0.5) is 5.69 Å². The summed E-state index contributed by atoms with van der Waals surface area (Å²) in [4.78, 5) is 6.78. The van der Waals surface area contributed by atoms with E-state index in [2.05, 4.69) is 40.2 Å². The van der Waals surface area contributed by atoms with Gasteiger partial charge >= 0.3 is 0 Å². The molecule has 3 aromatic rings. The van der Waals surface area contributed by atoms with Crippen LogP contribution in [-0.4, -0.2) is 11.5 Å². The summed E-state index contributed by atoms with van der Waals surface area (Å²) in [6.07, 6.45) is 2.96. The number of rotatable bonds is 4. The van der Waals surface area contributed by atoms with E-state index in [9.17, 15) is 0 Å². The number of para-hydroxylation sites is 1. The van der Waals surface area contributed by atoms with Gasteiger partial charge in [0.1, 0.15) is 5.75 Å². The van der Waals surface area contributed by atoms with Crippen molar-refractivity contribution in [1.82, 2.24) is 4.98 Å². The first-order valence-electron chi connectivity index (χ1n) is 8.27. The summed E-state index contributed by atoms with van der Waals surface area (Å²) in [5.74, 6) is 1.23. The van der Waals surface area contributed by atoms with Crippen LogP contribution in [0.15, 0.2) is 66.9 Å². The van der Waals surface area contributed by atoms with Crippen LogP contribution in [0.2, 0.25) is 0 Å². The van der Waals surface area contributed by atoms with Gasteiger partial charge in [-0.15, -0.1) is 0 Å². The maximum absolute atomic E-state index is 8.82. The molecule has 4 nitrogen and oxygen atoms in total. The summed E-state index contributed by atoms with van der Waals surface area (Å²) in [7, 11) is 0. The van der Waals surface area contributed by atoms with Gasteiger partial charge in [0.25, 0.3) is 0 Å². The van der Waals surface area contributed by atoms with Gasteiger partial charge in [0.2, 0.25) is 5.88 Å². The molecule has 4 rings (SSSR count). The van der Waals surface area contributed by atoms with Crippen LogP contribution in [0.1, 0.15) is 16.7 Å². The Hall–Kier alpha value is -3.32. The van der Waals surface area contributed by atoms with Crippen molar-refractivity contribution in [2.24, 2.45) is 0 Å². The van der Waals surface area contributed by atoms with Gasteiger partial charge < -0.3 is 9.64 Å². The van der Waals surface area contributed by atoms with Crippen molar-refractivity contribution in [2.45, 2.75) is 13.0 Å². The molecule has 0 fully saturated rings. The Morgan fingerprint density at radius 2 is 1.88 bits per heavy atom. The van der Waals surface area contributed by atoms with E-state index >= 15 is 0 Å². The van der Waals surface area contributed by atoms with E-state index in [-0.39, 0.29) is 0 Å². The molecule has 0 atom stereocenters. The monoisotopic (exact) mass is 327 g/mol. The van der Waals surface area contributed by atoms with Crippen LogP contribution in [-0.2, 0) is 13.0 Å². The zero-order chi connectivity index (χ0) is 17.1. The van der Waals surface area contributed by atoms with Gasteiger partial charge in [0.15, 0.2) is 0 Å². The molecule has 0 saturated heterocycles. The fraction of sp³-hybridized carbons (Fsp3) is 0.143. The van der Waals surface area contributed by atoms with Crippen LogP contribution in [0.5, 0.6) is 11.6 Å². The molecule has 2 aromatic carbocycles. The minimum atomic E-state index is 0.551. The molecule has 0 amide bonds. The van der Waals surface area contributed by atoms with Crippen molar-refractivity contribution >= 4 is 5.69 Å². The quantitative estimate of drug-likeness (QED) is 0.716. The summed E-state index contributed by atoms with van der Waals surface area (Å²) >= 11 is 0. The molecule has 0 radical (unpaired) electrons. The Labute approximate surface area is 146 Å². The van der Waals surface area contributed by atoms with E-state index in [1.54, 1.807) is 24.3 Å². The number of hydrogen-bond donors (Lipinski definition) is 0. The Morgan fingerprint density at radius 1 is 1.04 bits per heavy atom. The fourth-order valence-electron chi connectivity index (χ4n) is 3.07. The maximum atomic E-state index is 8.82. The molecule has 2 heterocycles. The van der Waals surface area contributed by atoms with E-state index in [4.69, 9.17) is 10.00 Å². The number of anilines is 1. The summed E-state index contributed by atoms with van der Waals surface area (Å²) in [6.45, 7) is 1.89. The highest BCUT2D eigenvalue weighted by Gasteiger charge is 2.18. The molecule has 122 valence electrons. The second kappa shape index (κ2) is 6.66. The van der Waals surface area contributed by atoms with Crippen molar-refractivity contribution in [3.63, 3.8) is 0 Å². The molecule has 0 N–H and O–H groups in total. The predicted octanol–water partition coefficient (Wildman–Crippen LogP) is 4.31. The molecule has 0 unspecified atom stereocenters. The largest absolute Gasteiger partial charge is 0.439 e. The maximum Gasteiger partial charge on any atom is 0.219 e. The minimum absolute atomic E-state index is 0.551. The van der Waals surface area contributed by atoms with Crippen molar-refractivity contribution in [3.8, 4) is 17.7 Å². The van der Waals surface area contributed by atoms with Crippen LogP contribution in [0, 0.1) is 11.3 Å². The summed E-state index contributed by atoms with van der Waals surface area (Å²) in [5.41, 5.74) is 4.50. The normalized spacial score (nSPS) is 12.5. The second-order valence-electron chi connectivity index (χ2n) is 6.04. The lowest BCUT2D eigenvalue weighted by Crippen LogP contribution is -2.19. The van der Waals surface area contributed by atoms with E-state index in [1.807, 2.05) is 18.3 Å². The zero-order valence-corrected chi connectivity index (χ0v) is 13.7. The van der Waals surface area contributed by atoms with Crippen molar-refractivity contribution in [3.05, 3.63) is 83.6 Å². The Balaban J connectivity index is 1.43. The summed E-state index contributed by atoms with van der Waals surface area (Å²) in [6, 6.07) is 21.6. The van der Waals surface area contributed by atoms with Gasteiger partial charge in [-0.3, -0.25) is 0 Å². The first kappa shape index (κ1) is 15.2. The van der Waals surface area contributed by atoms with Crippen molar-refractivity contribution < 1.29 is 4.74 Å². The van der Waals surface area contributed by atoms with Crippen molar-refractivity contribution in [1.29, 1.82) is 5.26 Å². The lowest BCUT2D eigenvalue weighted by atomic mass is 10.2. The molecule has 0 aliphatic carbocycles. The predicted molar refractivity (Wildman–Crippen MR) is 96.7 cm³/mol. The fourth-order valence-corrected chi connectivity index (χ4v) is 3.07. The molecule has 0 saturated carbocycles. The molecule has 1 aliphatic rings. The van der Waals surface area contributed by atoms with Gasteiger partial charge in [0.05, 0.1) is 11.6 Å². The molecule has 1 aromatic heterocycles. The molecule has 4 heteroatoms. The highest BCUT2D eigenvalue weighted by molar-refractivity contribution is 5.58. The molecule has 0 bridgehead atoms. The highest BCUT2D eigenvalue weighted by atomic mass is 16.5. The van der Waals surface area contributed by atoms with E-state index < -0.39 is 0 Å². The topological polar surface area (TPSA) is 49.1 Å². The minimum Gasteiger partial charge on any atom is -0.439 e. The third-order valence-electron chi connectivity index (χ3n) is 4.36. The molecular weight excluding hydrogens is 310 g/mol. The van der Waals surface area contributed by atoms with E-state index in [0.717, 1.165) is 25.1 Å². The Morgan fingerprint density at radius 3 is 2.64 bits per heavy atom. The third-order valence-corrected chi connectivity index (χ3v) is 4.36. The Kier molecular flexibility index (Phi) is 4.05. The molecule has 1 aliphatic heterocycles. The van der Waals surface area contributed by atoms with Gasteiger partial charge in [0, 0.05) is 31.0 Å². The zero-order valence-electron chi connectivity index (χ0n) is 13.7. The number of hydrogen-bond acceptors (Lipinski definition) is 4. The molecular formula is C21H17N3O. The van der Waals surface area contributed by atoms with Gasteiger partial charge in [-0.05, 0) is 47.9 Å². The molecule has 25 heavy (non-hydrogen) atoms. The lowest BCUT2D eigenvalue weighted by Gasteiger charge is -2.19. The van der Waals surface area contributed by atoms with Crippen LogP contribution in [0.3, 0.4) is 0 Å². The average molecular weight is 327 g/mol. The number of nitrogens with zero attached hydrogens (tertiary/aromatic N) is 3. The second-order valence-corrected chi connectivity index (χ2v) is 6.04. The number of fused-ring (bicyclic) bond motifs is 1. The number of nitriles is 1. The summed E-state index contributed by atoms with van der Waals surface area (Å²) in [5, 5.41) is 8.82. The highest BCUT2D eigenvalue weighted by Crippen LogP contribution is 2.29. The van der Waals surface area contributed by atoms with Crippen LogP contribution >= 0.6 is 0 Å². The summed E-state index contributed by atoms with van der Waals surface area (Å²) < 4.78 is 5.72. The first-order chi connectivity index (χ1) is 12.3. The van der Waals surface area contributed by atoms with Gasteiger partial charge in [-0.1, -0.05) is 24.3 Å².